The molecule has 12 nitrogen and oxygen atoms in total. The lowest BCUT2D eigenvalue weighted by Crippen LogP contribution is -2.36. The van der Waals surface area contributed by atoms with Gasteiger partial charge < -0.3 is 19.0 Å². The number of aromatic nitrogens is 4. The quantitative estimate of drug-likeness (QED) is 0.251. The number of rotatable bonds is 7. The highest BCUT2D eigenvalue weighted by atomic mass is 31.2. The van der Waals surface area contributed by atoms with Gasteiger partial charge in [0.2, 0.25) is 0 Å². The van der Waals surface area contributed by atoms with Crippen LogP contribution in [0.15, 0.2) is 40.4 Å². The number of nitro groups is 1. The summed E-state index contributed by atoms with van der Waals surface area (Å²) in [5.41, 5.74) is -2.44. The van der Waals surface area contributed by atoms with Gasteiger partial charge in [0.05, 0.1) is 28.4 Å². The third kappa shape index (κ3) is 4.19. The molecule has 2 aromatic heterocycles. The van der Waals surface area contributed by atoms with E-state index in [0.717, 1.165) is 10.6 Å². The number of aromatic amines is 1. The van der Waals surface area contributed by atoms with E-state index in [1.54, 1.807) is 13.8 Å². The molecule has 2 unspecified atom stereocenters. The maximum absolute atomic E-state index is 12.4. The van der Waals surface area contributed by atoms with Gasteiger partial charge in [-0.15, -0.1) is 0 Å². The molecule has 0 spiro atoms. The van der Waals surface area contributed by atoms with Crippen LogP contribution in [-0.2, 0) is 15.4 Å². The number of benzene rings is 1. The zero-order valence-electron chi connectivity index (χ0n) is 15.5. The molecule has 0 bridgehead atoms. The molecule has 13 heteroatoms. The summed E-state index contributed by atoms with van der Waals surface area (Å²) in [4.78, 5) is 51.7. The molecule has 0 fully saturated rings. The molecule has 0 aliphatic rings. The standard InChI is InChI=1S/C16H18N5O7P/c1-3-10(2)28-29(26,27)9-20-12-7-14(21(24)25)13(19-5-4-17-8-19)6-11(12)18-15(22)16(20)23/h4-8,10H,3,9H2,1-2H3,(H,18,22)(H,26,27). The molecule has 2 heterocycles. The van der Waals surface area contributed by atoms with Crippen LogP contribution in [0.2, 0.25) is 0 Å². The number of nitrogens with one attached hydrogen (secondary N) is 1. The molecule has 0 amide bonds. The van der Waals surface area contributed by atoms with E-state index < -0.39 is 36.0 Å². The van der Waals surface area contributed by atoms with Gasteiger partial charge >= 0.3 is 18.7 Å². The lowest BCUT2D eigenvalue weighted by atomic mass is 10.2. The first kappa shape index (κ1) is 20.6. The topological polar surface area (TPSA) is 162 Å². The van der Waals surface area contributed by atoms with Crippen molar-refractivity contribution in [2.24, 2.45) is 0 Å². The Morgan fingerprint density at radius 1 is 1.41 bits per heavy atom. The van der Waals surface area contributed by atoms with Gasteiger partial charge in [-0.05, 0) is 19.4 Å². The number of hydrogen-bond donors (Lipinski definition) is 2. The van der Waals surface area contributed by atoms with Gasteiger partial charge in [-0.1, -0.05) is 6.92 Å². The number of nitro benzene ring substituents is 1. The average Bonchev–Trinajstić information content (AvgIpc) is 3.18. The molecule has 2 atom stereocenters. The van der Waals surface area contributed by atoms with Crippen LogP contribution >= 0.6 is 7.60 Å². The minimum absolute atomic E-state index is 0.0763. The van der Waals surface area contributed by atoms with E-state index in [4.69, 9.17) is 4.52 Å². The first-order chi connectivity index (χ1) is 13.6. The zero-order chi connectivity index (χ0) is 21.3. The summed E-state index contributed by atoms with van der Waals surface area (Å²) in [6.45, 7) is 3.34. The normalized spacial score (nSPS) is 14.6. The maximum atomic E-state index is 12.4. The van der Waals surface area contributed by atoms with Crippen LogP contribution in [0.25, 0.3) is 16.7 Å². The summed E-state index contributed by atoms with van der Waals surface area (Å²) in [7, 11) is -4.31. The molecule has 3 aromatic rings. The van der Waals surface area contributed by atoms with E-state index >= 15 is 0 Å². The molecule has 0 saturated carbocycles. The molecule has 154 valence electrons. The van der Waals surface area contributed by atoms with Gasteiger partial charge in [0.25, 0.3) is 5.69 Å². The van der Waals surface area contributed by atoms with Crippen molar-refractivity contribution in [1.29, 1.82) is 0 Å². The minimum atomic E-state index is -4.31. The minimum Gasteiger partial charge on any atom is -0.323 e. The van der Waals surface area contributed by atoms with Crippen molar-refractivity contribution in [2.45, 2.75) is 32.7 Å². The van der Waals surface area contributed by atoms with Crippen molar-refractivity contribution < 1.29 is 18.9 Å². The Morgan fingerprint density at radius 2 is 2.14 bits per heavy atom. The van der Waals surface area contributed by atoms with E-state index in [2.05, 4.69) is 9.97 Å². The smallest absolute Gasteiger partial charge is 0.323 e. The van der Waals surface area contributed by atoms with Gasteiger partial charge in [0.1, 0.15) is 12.0 Å². The van der Waals surface area contributed by atoms with Crippen LogP contribution < -0.4 is 11.1 Å². The Kier molecular flexibility index (Phi) is 5.51. The Balaban J connectivity index is 2.25. The molecule has 3 rings (SSSR count). The van der Waals surface area contributed by atoms with Crippen molar-refractivity contribution in [3.63, 3.8) is 0 Å². The Labute approximate surface area is 163 Å². The molecular formula is C16H18N5O7P. The van der Waals surface area contributed by atoms with Crippen LogP contribution in [0.4, 0.5) is 5.69 Å². The summed E-state index contributed by atoms with van der Waals surface area (Å²) in [5, 5.41) is 11.6. The first-order valence-corrected chi connectivity index (χ1v) is 10.3. The fourth-order valence-corrected chi connectivity index (χ4v) is 4.18. The van der Waals surface area contributed by atoms with Crippen LogP contribution in [-0.4, -0.2) is 35.0 Å². The number of nitrogens with zero attached hydrogens (tertiary/aromatic N) is 4. The second-order valence-corrected chi connectivity index (χ2v) is 8.14. The average molecular weight is 423 g/mol. The van der Waals surface area contributed by atoms with E-state index in [9.17, 15) is 29.2 Å². The Bertz CT molecular complexity index is 1230. The molecule has 0 aliphatic heterocycles. The Morgan fingerprint density at radius 3 is 2.72 bits per heavy atom. The predicted molar refractivity (Wildman–Crippen MR) is 103 cm³/mol. The number of imidazole rings is 1. The summed E-state index contributed by atoms with van der Waals surface area (Å²) in [5.74, 6) is 0. The summed E-state index contributed by atoms with van der Waals surface area (Å²) in [6.07, 6.45) is 3.31. The number of hydrogen-bond acceptors (Lipinski definition) is 7. The lowest BCUT2D eigenvalue weighted by Gasteiger charge is -2.18. The second kappa shape index (κ2) is 7.74. The van der Waals surface area contributed by atoms with Gasteiger partial charge in [-0.25, -0.2) is 4.98 Å². The summed E-state index contributed by atoms with van der Waals surface area (Å²) >= 11 is 0. The SMILES string of the molecule is CCC(C)OP(=O)(O)Cn1c(=O)c(=O)[nH]c2cc(-n3ccnc3)c([N+](=O)[O-])cc21. The van der Waals surface area contributed by atoms with Crippen molar-refractivity contribution >= 4 is 24.3 Å². The molecule has 2 N–H and O–H groups in total. The summed E-state index contributed by atoms with van der Waals surface area (Å²) in [6, 6.07) is 2.36. The number of fused-ring (bicyclic) bond motifs is 1. The third-order valence-corrected chi connectivity index (χ3v) is 5.62. The molecule has 1 aromatic carbocycles. The van der Waals surface area contributed by atoms with Crippen molar-refractivity contribution in [3.05, 3.63) is 61.7 Å². The molecule has 0 saturated heterocycles. The van der Waals surface area contributed by atoms with Gasteiger partial charge in [-0.3, -0.25) is 28.8 Å². The lowest BCUT2D eigenvalue weighted by molar-refractivity contribution is -0.384. The van der Waals surface area contributed by atoms with E-state index in [-0.39, 0.29) is 22.4 Å². The maximum Gasteiger partial charge on any atom is 0.348 e. The molecule has 0 radical (unpaired) electrons. The Hall–Kier alpha value is -3.08. The van der Waals surface area contributed by atoms with E-state index in [1.807, 2.05) is 0 Å². The van der Waals surface area contributed by atoms with Crippen LogP contribution in [0.3, 0.4) is 0 Å². The second-order valence-electron chi connectivity index (χ2n) is 6.38. The van der Waals surface area contributed by atoms with Crippen molar-refractivity contribution in [2.75, 3.05) is 0 Å². The van der Waals surface area contributed by atoms with Crippen molar-refractivity contribution in [1.82, 2.24) is 19.1 Å². The number of H-pyrrole nitrogens is 1. The monoisotopic (exact) mass is 423 g/mol. The van der Waals surface area contributed by atoms with Gasteiger partial charge in [0.15, 0.2) is 0 Å². The highest BCUT2D eigenvalue weighted by Gasteiger charge is 2.27. The summed E-state index contributed by atoms with van der Waals surface area (Å²) < 4.78 is 19.6. The van der Waals surface area contributed by atoms with E-state index in [1.165, 1.54) is 29.4 Å². The van der Waals surface area contributed by atoms with Crippen LogP contribution in [0, 0.1) is 10.1 Å². The van der Waals surface area contributed by atoms with Crippen molar-refractivity contribution in [3.8, 4) is 5.69 Å². The molecule has 0 aliphatic carbocycles. The molecule has 29 heavy (non-hydrogen) atoms. The fraction of sp³-hybridized carbons (Fsp3) is 0.312. The highest BCUT2D eigenvalue weighted by Crippen LogP contribution is 2.45. The highest BCUT2D eigenvalue weighted by molar-refractivity contribution is 7.51. The van der Waals surface area contributed by atoms with Crippen LogP contribution in [0.5, 0.6) is 0 Å². The fourth-order valence-electron chi connectivity index (χ4n) is 2.76. The largest absolute Gasteiger partial charge is 0.348 e. The van der Waals surface area contributed by atoms with Gasteiger partial charge in [-0.2, -0.15) is 0 Å². The van der Waals surface area contributed by atoms with E-state index in [0.29, 0.717) is 6.42 Å². The predicted octanol–water partition coefficient (Wildman–Crippen LogP) is 1.74. The van der Waals surface area contributed by atoms with Crippen LogP contribution in [0.1, 0.15) is 20.3 Å². The zero-order valence-corrected chi connectivity index (χ0v) is 16.4. The molecular weight excluding hydrogens is 405 g/mol. The first-order valence-electron chi connectivity index (χ1n) is 8.56. The third-order valence-electron chi connectivity index (χ3n) is 4.29. The van der Waals surface area contributed by atoms with Gasteiger partial charge in [0, 0.05) is 18.5 Å².